The molecule has 4 fully saturated rings. The lowest BCUT2D eigenvalue weighted by Crippen LogP contribution is -2.55. The molecule has 0 aliphatic heterocycles. The summed E-state index contributed by atoms with van der Waals surface area (Å²) in [5, 5.41) is 10.7. The number of aliphatic hydroxyl groups excluding tert-OH is 1. The Morgan fingerprint density at radius 2 is 1.50 bits per heavy atom. The summed E-state index contributed by atoms with van der Waals surface area (Å²) in [5.74, 6) is 6.16. The van der Waals surface area contributed by atoms with Crippen LogP contribution < -0.4 is 0 Å². The van der Waals surface area contributed by atoms with Crippen LogP contribution in [0.15, 0.2) is 0 Å². The Hall–Kier alpha value is -0.0400. The maximum absolute atomic E-state index is 10.7. The summed E-state index contributed by atoms with van der Waals surface area (Å²) < 4.78 is 0. The number of hydrogen-bond acceptors (Lipinski definition) is 1. The molecule has 0 heterocycles. The third-order valence-electron chi connectivity index (χ3n) is 10.8. The van der Waals surface area contributed by atoms with Crippen LogP contribution >= 0.6 is 0 Å². The topological polar surface area (TPSA) is 20.2 Å². The van der Waals surface area contributed by atoms with Crippen molar-refractivity contribution in [3.8, 4) is 0 Å². The summed E-state index contributed by atoms with van der Waals surface area (Å²) >= 11 is 0. The average molecular weight is 389 g/mol. The van der Waals surface area contributed by atoms with E-state index < -0.39 is 0 Å². The molecular formula is C27H48O. The van der Waals surface area contributed by atoms with Gasteiger partial charge in [0, 0.05) is 0 Å². The van der Waals surface area contributed by atoms with Crippen molar-refractivity contribution in [3.05, 3.63) is 0 Å². The van der Waals surface area contributed by atoms with E-state index in [4.69, 9.17) is 0 Å². The first-order valence-corrected chi connectivity index (χ1v) is 13.0. The Bertz CT molecular complexity index is 540. The molecule has 4 saturated carbocycles. The molecule has 4 aliphatic carbocycles. The minimum absolute atomic E-state index is 0.00897. The molecule has 0 saturated heterocycles. The zero-order chi connectivity index (χ0) is 20.1. The minimum atomic E-state index is -0.00897. The second-order valence-corrected chi connectivity index (χ2v) is 12.6. The molecule has 9 atom stereocenters. The van der Waals surface area contributed by atoms with Crippen LogP contribution in [-0.2, 0) is 0 Å². The molecule has 0 aromatic heterocycles. The molecule has 0 aromatic carbocycles. The monoisotopic (exact) mass is 388 g/mol. The average Bonchev–Trinajstić information content (AvgIpc) is 2.98. The van der Waals surface area contributed by atoms with Gasteiger partial charge in [0.15, 0.2) is 0 Å². The molecule has 0 spiro atoms. The Balaban J connectivity index is 1.47. The lowest BCUT2D eigenvalue weighted by molar-refractivity contribution is -0.145. The second kappa shape index (κ2) is 7.90. The van der Waals surface area contributed by atoms with Crippen molar-refractivity contribution in [1.82, 2.24) is 0 Å². The zero-order valence-electron chi connectivity index (χ0n) is 19.6. The Morgan fingerprint density at radius 1 is 0.786 bits per heavy atom. The molecule has 0 unspecified atom stereocenters. The third kappa shape index (κ3) is 3.40. The van der Waals surface area contributed by atoms with Gasteiger partial charge >= 0.3 is 0 Å². The van der Waals surface area contributed by atoms with E-state index in [-0.39, 0.29) is 6.10 Å². The van der Waals surface area contributed by atoms with Gasteiger partial charge in [0.2, 0.25) is 0 Å². The van der Waals surface area contributed by atoms with Gasteiger partial charge in [-0.15, -0.1) is 0 Å². The molecule has 0 aromatic rings. The van der Waals surface area contributed by atoms with Crippen LogP contribution in [0.1, 0.15) is 112 Å². The maximum Gasteiger partial charge on any atom is 0.0573 e. The fraction of sp³-hybridized carbons (Fsp3) is 1.00. The molecule has 162 valence electrons. The SMILES string of the molecule is CC(C)CCC[C@@H](C)[C@H]1CC[C@H]2[C@@H]3CC[C@H]4[C@@H](O)CCC[C@]4(C)[C@H]3CC[C@]12C. The van der Waals surface area contributed by atoms with Gasteiger partial charge in [-0.3, -0.25) is 0 Å². The number of fused-ring (bicyclic) bond motifs is 5. The predicted molar refractivity (Wildman–Crippen MR) is 119 cm³/mol. The standard InChI is InChI=1S/C27H48O/c1-18(2)8-6-9-19(3)21-13-14-22-20-11-12-24-25(28)10-7-16-26(24,4)23(20)15-17-27(21,22)5/h18-25,28H,6-17H2,1-5H3/t19-,20+,21-,22+,23+,24+,25+,26-,27-/m1/s1. The quantitative estimate of drug-likeness (QED) is 0.518. The van der Waals surface area contributed by atoms with E-state index in [0.29, 0.717) is 16.7 Å². The Labute approximate surface area is 175 Å². The van der Waals surface area contributed by atoms with Gasteiger partial charge in [-0.05, 0) is 104 Å². The van der Waals surface area contributed by atoms with Crippen molar-refractivity contribution in [2.75, 3.05) is 0 Å². The van der Waals surface area contributed by atoms with Crippen LogP contribution in [0.4, 0.5) is 0 Å². The highest BCUT2D eigenvalue weighted by Gasteiger charge is 2.61. The van der Waals surface area contributed by atoms with Crippen LogP contribution in [0, 0.1) is 52.3 Å². The molecule has 0 radical (unpaired) electrons. The van der Waals surface area contributed by atoms with E-state index in [1.165, 1.54) is 70.6 Å². The van der Waals surface area contributed by atoms with Gasteiger partial charge in [0.1, 0.15) is 0 Å². The highest BCUT2D eigenvalue weighted by Crippen LogP contribution is 2.68. The van der Waals surface area contributed by atoms with Crippen LogP contribution in [0.2, 0.25) is 0 Å². The molecular weight excluding hydrogens is 340 g/mol. The normalized spacial score (nSPS) is 49.4. The predicted octanol–water partition coefficient (Wildman–Crippen LogP) is 7.47. The first kappa shape index (κ1) is 21.2. The lowest BCUT2D eigenvalue weighted by atomic mass is 9.44. The summed E-state index contributed by atoms with van der Waals surface area (Å²) in [4.78, 5) is 0. The van der Waals surface area contributed by atoms with Crippen molar-refractivity contribution < 1.29 is 5.11 Å². The first-order valence-electron chi connectivity index (χ1n) is 13.0. The lowest BCUT2D eigenvalue weighted by Gasteiger charge is -2.61. The van der Waals surface area contributed by atoms with Gasteiger partial charge < -0.3 is 5.11 Å². The van der Waals surface area contributed by atoms with E-state index >= 15 is 0 Å². The van der Waals surface area contributed by atoms with Crippen LogP contribution in [0.5, 0.6) is 0 Å². The van der Waals surface area contributed by atoms with Gasteiger partial charge in [-0.2, -0.15) is 0 Å². The summed E-state index contributed by atoms with van der Waals surface area (Å²) in [6.45, 7) is 12.6. The third-order valence-corrected chi connectivity index (χ3v) is 10.8. The van der Waals surface area contributed by atoms with Crippen LogP contribution in [0.25, 0.3) is 0 Å². The summed E-state index contributed by atoms with van der Waals surface area (Å²) in [5.41, 5.74) is 1.04. The molecule has 0 bridgehead atoms. The largest absolute Gasteiger partial charge is 0.393 e. The van der Waals surface area contributed by atoms with Crippen LogP contribution in [-0.4, -0.2) is 11.2 Å². The minimum Gasteiger partial charge on any atom is -0.393 e. The zero-order valence-corrected chi connectivity index (χ0v) is 19.6. The summed E-state index contributed by atoms with van der Waals surface area (Å²) in [6, 6.07) is 0. The van der Waals surface area contributed by atoms with Gasteiger partial charge in [0.25, 0.3) is 0 Å². The van der Waals surface area contributed by atoms with E-state index in [1.54, 1.807) is 0 Å². The second-order valence-electron chi connectivity index (χ2n) is 12.6. The van der Waals surface area contributed by atoms with E-state index in [9.17, 15) is 5.11 Å². The van der Waals surface area contributed by atoms with Crippen molar-refractivity contribution in [1.29, 1.82) is 0 Å². The highest BCUT2D eigenvalue weighted by atomic mass is 16.3. The van der Waals surface area contributed by atoms with Crippen molar-refractivity contribution >= 4 is 0 Å². The number of hydrogen-bond donors (Lipinski definition) is 1. The van der Waals surface area contributed by atoms with Crippen molar-refractivity contribution in [2.24, 2.45) is 52.3 Å². The highest BCUT2D eigenvalue weighted by molar-refractivity contribution is 5.10. The summed E-state index contributed by atoms with van der Waals surface area (Å²) in [6.07, 6.45) is 16.6. The molecule has 1 heteroatoms. The van der Waals surface area contributed by atoms with Crippen molar-refractivity contribution in [3.63, 3.8) is 0 Å². The molecule has 28 heavy (non-hydrogen) atoms. The first-order chi connectivity index (χ1) is 13.3. The fourth-order valence-electron chi connectivity index (χ4n) is 9.41. The molecule has 0 amide bonds. The maximum atomic E-state index is 10.7. The van der Waals surface area contributed by atoms with E-state index in [0.717, 1.165) is 41.9 Å². The number of rotatable bonds is 5. The van der Waals surface area contributed by atoms with Crippen LogP contribution in [0.3, 0.4) is 0 Å². The molecule has 4 aliphatic rings. The molecule has 1 nitrogen and oxygen atoms in total. The Morgan fingerprint density at radius 3 is 2.25 bits per heavy atom. The van der Waals surface area contributed by atoms with Crippen molar-refractivity contribution in [2.45, 2.75) is 118 Å². The Kier molecular flexibility index (Phi) is 5.98. The van der Waals surface area contributed by atoms with E-state index in [1.807, 2.05) is 0 Å². The van der Waals surface area contributed by atoms with Gasteiger partial charge in [0.05, 0.1) is 6.10 Å². The fourth-order valence-corrected chi connectivity index (χ4v) is 9.41. The molecule has 1 N–H and O–H groups in total. The molecule has 4 rings (SSSR count). The summed E-state index contributed by atoms with van der Waals surface area (Å²) in [7, 11) is 0. The van der Waals surface area contributed by atoms with Gasteiger partial charge in [-0.1, -0.05) is 60.3 Å². The van der Waals surface area contributed by atoms with Gasteiger partial charge in [-0.25, -0.2) is 0 Å². The smallest absolute Gasteiger partial charge is 0.0573 e. The number of aliphatic hydroxyl groups is 1. The van der Waals surface area contributed by atoms with E-state index in [2.05, 4.69) is 34.6 Å².